The standard InChI is InChI=1S/C20H14Cl3N3O3/c21-15-6-2-1-4-13(15)11-26-7-3-5-14(20(26)29)19(28)25-24-10-12-8-16(22)18(27)17(23)9-12/h1-10,27H,11H2,(H,25,28)/b24-10-. The minimum absolute atomic E-state index is 0.0517. The van der Waals surface area contributed by atoms with E-state index in [0.717, 1.165) is 5.56 Å². The highest BCUT2D eigenvalue weighted by Crippen LogP contribution is 2.32. The molecule has 3 aromatic rings. The van der Waals surface area contributed by atoms with E-state index in [1.807, 2.05) is 6.07 Å². The molecule has 1 heterocycles. The number of hydrogen-bond acceptors (Lipinski definition) is 4. The number of phenols is 1. The third-order valence-corrected chi connectivity index (χ3v) is 4.93. The normalized spacial score (nSPS) is 11.0. The van der Waals surface area contributed by atoms with Crippen LogP contribution in [-0.2, 0) is 6.54 Å². The lowest BCUT2D eigenvalue weighted by Gasteiger charge is -2.09. The van der Waals surface area contributed by atoms with E-state index in [4.69, 9.17) is 34.8 Å². The van der Waals surface area contributed by atoms with Gasteiger partial charge in [-0.3, -0.25) is 9.59 Å². The molecule has 148 valence electrons. The Hall–Kier alpha value is -2.80. The second kappa shape index (κ2) is 9.13. The van der Waals surface area contributed by atoms with Crippen LogP contribution in [0.3, 0.4) is 0 Å². The molecule has 2 aromatic carbocycles. The fraction of sp³-hybridized carbons (Fsp3) is 0.0500. The first-order chi connectivity index (χ1) is 13.9. The van der Waals surface area contributed by atoms with E-state index in [0.29, 0.717) is 10.6 Å². The van der Waals surface area contributed by atoms with Crippen molar-refractivity contribution in [2.45, 2.75) is 6.54 Å². The lowest BCUT2D eigenvalue weighted by Crippen LogP contribution is -2.31. The number of pyridine rings is 1. The van der Waals surface area contributed by atoms with Crippen LogP contribution in [0, 0.1) is 0 Å². The Kier molecular flexibility index (Phi) is 6.59. The van der Waals surface area contributed by atoms with Crippen molar-refractivity contribution in [3.05, 3.63) is 96.8 Å². The van der Waals surface area contributed by atoms with Crippen LogP contribution in [0.1, 0.15) is 21.5 Å². The molecule has 3 rings (SSSR count). The van der Waals surface area contributed by atoms with Gasteiger partial charge in [-0.1, -0.05) is 53.0 Å². The number of amides is 1. The maximum absolute atomic E-state index is 12.6. The first kappa shape index (κ1) is 20.9. The number of halogens is 3. The van der Waals surface area contributed by atoms with Gasteiger partial charge in [-0.15, -0.1) is 0 Å². The highest BCUT2D eigenvalue weighted by atomic mass is 35.5. The van der Waals surface area contributed by atoms with Gasteiger partial charge in [0, 0.05) is 11.2 Å². The van der Waals surface area contributed by atoms with Gasteiger partial charge in [-0.2, -0.15) is 5.10 Å². The molecular weight excluding hydrogens is 437 g/mol. The van der Waals surface area contributed by atoms with Crippen LogP contribution in [0.2, 0.25) is 15.1 Å². The molecule has 0 spiro atoms. The predicted octanol–water partition coefficient (Wildman–Crippen LogP) is 4.33. The van der Waals surface area contributed by atoms with Gasteiger partial charge < -0.3 is 9.67 Å². The Morgan fingerprint density at radius 3 is 2.45 bits per heavy atom. The van der Waals surface area contributed by atoms with E-state index in [9.17, 15) is 14.7 Å². The van der Waals surface area contributed by atoms with Crippen LogP contribution in [0.15, 0.2) is 64.6 Å². The number of hydrogen-bond donors (Lipinski definition) is 2. The van der Waals surface area contributed by atoms with E-state index in [1.165, 1.54) is 29.0 Å². The summed E-state index contributed by atoms with van der Waals surface area (Å²) >= 11 is 17.8. The Morgan fingerprint density at radius 1 is 1.07 bits per heavy atom. The first-order valence-electron chi connectivity index (χ1n) is 8.31. The van der Waals surface area contributed by atoms with E-state index in [2.05, 4.69) is 10.5 Å². The number of rotatable bonds is 5. The summed E-state index contributed by atoms with van der Waals surface area (Å²) in [6.45, 7) is 0.230. The van der Waals surface area contributed by atoms with Gasteiger partial charge in [0.1, 0.15) is 5.56 Å². The van der Waals surface area contributed by atoms with Gasteiger partial charge in [0.05, 0.1) is 22.8 Å². The molecule has 0 bridgehead atoms. The minimum Gasteiger partial charge on any atom is -0.505 e. The molecule has 0 atom stereocenters. The van der Waals surface area contributed by atoms with Crippen molar-refractivity contribution in [2.24, 2.45) is 5.10 Å². The van der Waals surface area contributed by atoms with Gasteiger partial charge >= 0.3 is 0 Å². The average Bonchev–Trinajstić information content (AvgIpc) is 2.69. The maximum Gasteiger partial charge on any atom is 0.276 e. The molecule has 0 saturated carbocycles. The molecule has 1 aromatic heterocycles. The van der Waals surface area contributed by atoms with Gasteiger partial charge in [-0.05, 0) is 41.5 Å². The lowest BCUT2D eigenvalue weighted by atomic mass is 10.2. The molecule has 0 unspecified atom stereocenters. The predicted molar refractivity (Wildman–Crippen MR) is 114 cm³/mol. The maximum atomic E-state index is 12.6. The van der Waals surface area contributed by atoms with Crippen LogP contribution in [-0.4, -0.2) is 21.8 Å². The third kappa shape index (κ3) is 4.98. The van der Waals surface area contributed by atoms with Crippen LogP contribution in [0.25, 0.3) is 0 Å². The van der Waals surface area contributed by atoms with Crippen molar-refractivity contribution in [3.8, 4) is 5.75 Å². The van der Waals surface area contributed by atoms with Crippen LogP contribution >= 0.6 is 34.8 Å². The van der Waals surface area contributed by atoms with Crippen LogP contribution in [0.5, 0.6) is 5.75 Å². The van der Waals surface area contributed by atoms with Crippen LogP contribution < -0.4 is 11.0 Å². The summed E-state index contributed by atoms with van der Waals surface area (Å²) in [6.07, 6.45) is 2.87. The molecule has 0 radical (unpaired) electrons. The summed E-state index contributed by atoms with van der Waals surface area (Å²) in [7, 11) is 0. The SMILES string of the molecule is O=C(N/N=C\c1cc(Cl)c(O)c(Cl)c1)c1cccn(Cc2ccccc2Cl)c1=O. The van der Waals surface area contributed by atoms with Gasteiger partial charge in [-0.25, -0.2) is 5.43 Å². The quantitative estimate of drug-likeness (QED) is 0.448. The number of aromatic hydroxyl groups is 1. The van der Waals surface area contributed by atoms with Crippen molar-refractivity contribution in [1.82, 2.24) is 9.99 Å². The minimum atomic E-state index is -0.671. The number of carbonyl (C=O) groups excluding carboxylic acids is 1. The summed E-state index contributed by atoms with van der Waals surface area (Å²) in [6, 6.07) is 13.0. The molecule has 9 heteroatoms. The van der Waals surface area contributed by atoms with Crippen molar-refractivity contribution in [2.75, 3.05) is 0 Å². The zero-order chi connectivity index (χ0) is 21.0. The first-order valence-corrected chi connectivity index (χ1v) is 9.44. The number of nitrogens with one attached hydrogen (secondary N) is 1. The number of carbonyl (C=O) groups is 1. The van der Waals surface area contributed by atoms with E-state index >= 15 is 0 Å². The fourth-order valence-electron chi connectivity index (χ4n) is 2.53. The summed E-state index contributed by atoms with van der Waals surface area (Å²) in [5, 5.41) is 14.0. The molecule has 1 amide bonds. The fourth-order valence-corrected chi connectivity index (χ4v) is 3.23. The highest BCUT2D eigenvalue weighted by Gasteiger charge is 2.12. The summed E-state index contributed by atoms with van der Waals surface area (Å²) in [5.74, 6) is -0.909. The zero-order valence-electron chi connectivity index (χ0n) is 14.8. The van der Waals surface area contributed by atoms with Crippen molar-refractivity contribution in [1.29, 1.82) is 0 Å². The molecule has 29 heavy (non-hydrogen) atoms. The van der Waals surface area contributed by atoms with Gasteiger partial charge in [0.2, 0.25) is 0 Å². The van der Waals surface area contributed by atoms with E-state index in [-0.39, 0.29) is 27.9 Å². The Bertz CT molecular complexity index is 1140. The number of aromatic nitrogens is 1. The summed E-state index contributed by atoms with van der Waals surface area (Å²) in [4.78, 5) is 25.0. The summed E-state index contributed by atoms with van der Waals surface area (Å²) in [5.41, 5.74) is 2.96. The highest BCUT2D eigenvalue weighted by molar-refractivity contribution is 6.37. The van der Waals surface area contributed by atoms with Crippen molar-refractivity contribution >= 4 is 46.9 Å². The number of hydrazone groups is 1. The average molecular weight is 451 g/mol. The van der Waals surface area contributed by atoms with Gasteiger partial charge in [0.15, 0.2) is 5.75 Å². The molecular formula is C20H14Cl3N3O3. The smallest absolute Gasteiger partial charge is 0.276 e. The van der Waals surface area contributed by atoms with Crippen LogP contribution in [0.4, 0.5) is 0 Å². The zero-order valence-corrected chi connectivity index (χ0v) is 17.0. The molecule has 0 aliphatic heterocycles. The topological polar surface area (TPSA) is 83.7 Å². The summed E-state index contributed by atoms with van der Waals surface area (Å²) < 4.78 is 1.39. The molecule has 0 fully saturated rings. The second-order valence-electron chi connectivity index (χ2n) is 5.98. The number of nitrogens with zero attached hydrogens (tertiary/aromatic N) is 2. The third-order valence-electron chi connectivity index (χ3n) is 3.98. The second-order valence-corrected chi connectivity index (χ2v) is 7.20. The largest absolute Gasteiger partial charge is 0.505 e. The molecule has 6 nitrogen and oxygen atoms in total. The Morgan fingerprint density at radius 2 is 1.76 bits per heavy atom. The van der Waals surface area contributed by atoms with E-state index in [1.54, 1.807) is 30.5 Å². The molecule has 0 aliphatic rings. The van der Waals surface area contributed by atoms with Crippen molar-refractivity contribution < 1.29 is 9.90 Å². The monoisotopic (exact) mass is 449 g/mol. The molecule has 2 N–H and O–H groups in total. The number of phenolic OH excluding ortho intramolecular Hbond substituents is 1. The molecule has 0 aliphatic carbocycles. The van der Waals surface area contributed by atoms with Gasteiger partial charge in [0.25, 0.3) is 11.5 Å². The number of benzene rings is 2. The van der Waals surface area contributed by atoms with Crippen molar-refractivity contribution in [3.63, 3.8) is 0 Å². The Balaban J connectivity index is 1.76. The lowest BCUT2D eigenvalue weighted by molar-refractivity contribution is 0.0953. The molecule has 0 saturated heterocycles. The Labute approximate surface area is 181 Å². The van der Waals surface area contributed by atoms with E-state index < -0.39 is 11.5 Å².